The van der Waals surface area contributed by atoms with E-state index in [0.717, 1.165) is 0 Å². The van der Waals surface area contributed by atoms with Gasteiger partial charge in [0.05, 0.1) is 38.1 Å². The minimum Gasteiger partial charge on any atom is -0.390 e. The molecule has 0 aromatic heterocycles. The summed E-state index contributed by atoms with van der Waals surface area (Å²) in [4.78, 5) is 20.2. The van der Waals surface area contributed by atoms with Crippen molar-refractivity contribution in [2.45, 2.75) is 73.9 Å². The molecule has 3 rings (SSSR count). The molecule has 0 amide bonds. The Bertz CT molecular complexity index is 766. The maximum absolute atomic E-state index is 12.4. The number of phosphoric ester groups is 2. The summed E-state index contributed by atoms with van der Waals surface area (Å²) in [5.41, 5.74) is 0. The molecule has 18 heteroatoms. The number of methoxy groups -OCH3 is 1. The second-order valence-electron chi connectivity index (χ2n) is 8.19. The maximum Gasteiger partial charge on any atom is 0.472 e. The number of aliphatic hydroxyl groups excluding tert-OH is 1. The zero-order valence-electron chi connectivity index (χ0n) is 18.5. The van der Waals surface area contributed by atoms with Crippen LogP contribution in [0.4, 0.5) is 0 Å². The number of aliphatic hydroxyl groups is 1. The molecule has 0 bridgehead atoms. The van der Waals surface area contributed by atoms with Gasteiger partial charge in [-0.05, 0) is 19.3 Å². The highest BCUT2D eigenvalue weighted by molar-refractivity contribution is 7.47. The highest BCUT2D eigenvalue weighted by Gasteiger charge is 2.43. The number of phosphoric acid groups is 2. The SMILES string of the molecule is [B]C1CC(O)C(COP(=O)(O)OC2CC([B])OC2COP(=O)(O)OC2CC([B])OC2COC)O1. The first kappa shape index (κ1) is 28.8. The lowest BCUT2D eigenvalue weighted by Gasteiger charge is -2.24. The molecule has 0 spiro atoms. The fraction of sp³-hybridized carbons (Fsp3) is 1.00. The van der Waals surface area contributed by atoms with Crippen molar-refractivity contribution in [2.75, 3.05) is 26.9 Å². The molecule has 3 aliphatic heterocycles. The Morgan fingerprint density at radius 3 is 1.62 bits per heavy atom. The highest BCUT2D eigenvalue weighted by Crippen LogP contribution is 2.50. The Hall–Kier alpha value is 0.215. The summed E-state index contributed by atoms with van der Waals surface area (Å²) >= 11 is 0. The monoisotopic (exact) mass is 522 g/mol. The van der Waals surface area contributed by atoms with E-state index >= 15 is 0 Å². The molecule has 0 saturated carbocycles. The lowest BCUT2D eigenvalue weighted by Crippen LogP contribution is -2.31. The maximum atomic E-state index is 12.4. The highest BCUT2D eigenvalue weighted by atomic mass is 31.2. The second kappa shape index (κ2) is 12.2. The predicted octanol–water partition coefficient (Wildman–Crippen LogP) is -1.15. The van der Waals surface area contributed by atoms with Crippen LogP contribution in [0.1, 0.15) is 19.3 Å². The van der Waals surface area contributed by atoms with Crippen molar-refractivity contribution in [3.8, 4) is 0 Å². The van der Waals surface area contributed by atoms with E-state index in [1.807, 2.05) is 0 Å². The van der Waals surface area contributed by atoms with Crippen molar-refractivity contribution < 1.29 is 61.1 Å². The van der Waals surface area contributed by atoms with Crippen molar-refractivity contribution in [1.29, 1.82) is 0 Å². The number of rotatable bonds is 12. The molecule has 11 unspecified atom stereocenters. The van der Waals surface area contributed by atoms with Crippen molar-refractivity contribution in [3.63, 3.8) is 0 Å². The van der Waals surface area contributed by atoms with Gasteiger partial charge in [-0.3, -0.25) is 18.1 Å². The average molecular weight is 522 g/mol. The Labute approximate surface area is 201 Å². The molecule has 0 aromatic rings. The number of hydrogen-bond donors (Lipinski definition) is 3. The molecule has 3 N–H and O–H groups in total. The van der Waals surface area contributed by atoms with E-state index < -0.39 is 83.5 Å². The van der Waals surface area contributed by atoms with Gasteiger partial charge in [0.25, 0.3) is 0 Å². The molecule has 34 heavy (non-hydrogen) atoms. The van der Waals surface area contributed by atoms with E-state index in [4.69, 9.17) is 60.6 Å². The van der Waals surface area contributed by atoms with Crippen LogP contribution in [0.15, 0.2) is 0 Å². The molecule has 188 valence electrons. The van der Waals surface area contributed by atoms with Gasteiger partial charge in [-0.1, -0.05) is 0 Å². The van der Waals surface area contributed by atoms with Crippen LogP contribution in [0.2, 0.25) is 0 Å². The van der Waals surface area contributed by atoms with Crippen LogP contribution in [0.25, 0.3) is 0 Å². The van der Waals surface area contributed by atoms with Gasteiger partial charge in [0, 0.05) is 25.1 Å². The second-order valence-corrected chi connectivity index (χ2v) is 11.0. The first-order chi connectivity index (χ1) is 15.9. The van der Waals surface area contributed by atoms with Gasteiger partial charge in [0.2, 0.25) is 0 Å². The molecular weight excluding hydrogens is 495 g/mol. The zero-order chi connectivity index (χ0) is 25.1. The normalized spacial score (nSPS) is 41.9. The van der Waals surface area contributed by atoms with E-state index in [2.05, 4.69) is 0 Å². The largest absolute Gasteiger partial charge is 0.472 e. The molecular formula is C16H27B3O13P2. The van der Waals surface area contributed by atoms with E-state index in [1.54, 1.807) is 0 Å². The summed E-state index contributed by atoms with van der Waals surface area (Å²) in [7, 11) is 9.17. The topological polar surface area (TPSA) is 169 Å². The predicted molar refractivity (Wildman–Crippen MR) is 116 cm³/mol. The van der Waals surface area contributed by atoms with Crippen molar-refractivity contribution in [3.05, 3.63) is 0 Å². The molecule has 6 radical (unpaired) electrons. The summed E-state index contributed by atoms with van der Waals surface area (Å²) in [5.74, 6) is 0. The minimum atomic E-state index is -4.65. The van der Waals surface area contributed by atoms with Crippen LogP contribution in [0, 0.1) is 0 Å². The molecule has 0 aromatic carbocycles. The molecule has 3 saturated heterocycles. The van der Waals surface area contributed by atoms with Crippen LogP contribution in [0.5, 0.6) is 0 Å². The van der Waals surface area contributed by atoms with Crippen LogP contribution in [-0.4, -0.2) is 120 Å². The minimum absolute atomic E-state index is 0.0207. The average Bonchev–Trinajstić information content (AvgIpc) is 3.34. The summed E-state index contributed by atoms with van der Waals surface area (Å²) in [5, 5.41) is 9.79. The van der Waals surface area contributed by atoms with Gasteiger partial charge in [-0.15, -0.1) is 0 Å². The smallest absolute Gasteiger partial charge is 0.390 e. The van der Waals surface area contributed by atoms with Gasteiger partial charge in [-0.25, -0.2) is 9.13 Å². The van der Waals surface area contributed by atoms with Crippen LogP contribution in [0.3, 0.4) is 0 Å². The van der Waals surface area contributed by atoms with Gasteiger partial charge in [0.1, 0.15) is 41.9 Å². The fourth-order valence-corrected chi connectivity index (χ4v) is 5.75. The van der Waals surface area contributed by atoms with E-state index in [0.29, 0.717) is 0 Å². The Morgan fingerprint density at radius 2 is 1.18 bits per heavy atom. The fourth-order valence-electron chi connectivity index (χ4n) is 3.83. The van der Waals surface area contributed by atoms with Gasteiger partial charge in [-0.2, -0.15) is 0 Å². The van der Waals surface area contributed by atoms with Crippen molar-refractivity contribution in [2.24, 2.45) is 0 Å². The summed E-state index contributed by atoms with van der Waals surface area (Å²) in [6.07, 6.45) is -5.27. The molecule has 3 aliphatic rings. The Morgan fingerprint density at radius 1 is 0.765 bits per heavy atom. The quantitative estimate of drug-likeness (QED) is 0.208. The summed E-state index contributed by atoms with van der Waals surface area (Å²) < 4.78 is 65.9. The lowest BCUT2D eigenvalue weighted by molar-refractivity contribution is -0.0352. The third-order valence-corrected chi connectivity index (χ3v) is 7.41. The van der Waals surface area contributed by atoms with E-state index in [1.165, 1.54) is 7.11 Å². The number of hydrogen-bond acceptors (Lipinski definition) is 11. The van der Waals surface area contributed by atoms with Crippen LogP contribution >= 0.6 is 15.6 Å². The molecule has 11 atom stereocenters. The molecule has 13 nitrogen and oxygen atoms in total. The lowest BCUT2D eigenvalue weighted by atomic mass is 9.96. The first-order valence-corrected chi connectivity index (χ1v) is 13.6. The van der Waals surface area contributed by atoms with Crippen molar-refractivity contribution >= 4 is 39.2 Å². The van der Waals surface area contributed by atoms with Crippen LogP contribution < -0.4 is 0 Å². The van der Waals surface area contributed by atoms with E-state index in [9.17, 15) is 24.0 Å². The molecule has 3 fully saturated rings. The van der Waals surface area contributed by atoms with Gasteiger partial charge < -0.3 is 33.8 Å². The van der Waals surface area contributed by atoms with E-state index in [-0.39, 0.29) is 25.9 Å². The Kier molecular flexibility index (Phi) is 10.3. The third-order valence-electron chi connectivity index (χ3n) is 5.38. The number of ether oxygens (including phenoxy) is 4. The van der Waals surface area contributed by atoms with Gasteiger partial charge in [0.15, 0.2) is 0 Å². The molecule has 0 aliphatic carbocycles. The molecule has 3 heterocycles. The standard InChI is InChI=1S/C16H27B3O13P2/c1-25-5-12-9(3-15(18)29-12)31-34(23,24)27-7-13-10(4-16(19)30-13)32-33(21,22)26-6-11-8(20)2-14(17)28-11/h8-16,20H,2-7H2,1H3,(H,21,22)(H,23,24). The van der Waals surface area contributed by atoms with Crippen molar-refractivity contribution in [1.82, 2.24) is 0 Å². The summed E-state index contributed by atoms with van der Waals surface area (Å²) in [6, 6.07) is -2.29. The Balaban J connectivity index is 1.50. The van der Waals surface area contributed by atoms with Crippen LogP contribution in [-0.2, 0) is 46.2 Å². The van der Waals surface area contributed by atoms with Gasteiger partial charge >= 0.3 is 15.6 Å². The summed E-state index contributed by atoms with van der Waals surface area (Å²) in [6.45, 7) is -0.896. The third kappa shape index (κ3) is 8.38. The first-order valence-electron chi connectivity index (χ1n) is 10.6. The zero-order valence-corrected chi connectivity index (χ0v) is 20.3.